The van der Waals surface area contributed by atoms with Gasteiger partial charge >= 0.3 is 6.18 Å². The minimum absolute atomic E-state index is 0.0575. The van der Waals surface area contributed by atoms with Crippen LogP contribution in [0.1, 0.15) is 35.6 Å². The van der Waals surface area contributed by atoms with Gasteiger partial charge in [-0.05, 0) is 43.3 Å². The average molecular weight is 558 g/mol. The van der Waals surface area contributed by atoms with Crippen LogP contribution >= 0.6 is 0 Å². The van der Waals surface area contributed by atoms with Crippen LogP contribution in [0.15, 0.2) is 72.0 Å². The molecule has 0 spiro atoms. The number of nitrogens with zero attached hydrogens (tertiary/aromatic N) is 7. The highest BCUT2D eigenvalue weighted by atomic mass is 19.4. The minimum atomic E-state index is -4.66. The van der Waals surface area contributed by atoms with Gasteiger partial charge in [0.25, 0.3) is 0 Å². The minimum Gasteiger partial charge on any atom is -0.480 e. The number of aromatic nitrogens is 5. The lowest BCUT2D eigenvalue weighted by molar-refractivity contribution is -0.0933. The van der Waals surface area contributed by atoms with E-state index in [-0.39, 0.29) is 30.5 Å². The summed E-state index contributed by atoms with van der Waals surface area (Å²) < 4.78 is 59.0. The Balaban J connectivity index is 1.55. The quantitative estimate of drug-likeness (QED) is 0.255. The number of halogens is 4. The fraction of sp³-hybridized carbons (Fsp3) is 0.296. The van der Waals surface area contributed by atoms with Crippen molar-refractivity contribution in [1.29, 1.82) is 0 Å². The molecule has 0 amide bonds. The second kappa shape index (κ2) is 12.5. The molecular weight excluding hydrogens is 530 g/mol. The Morgan fingerprint density at radius 3 is 2.67 bits per heavy atom. The van der Waals surface area contributed by atoms with E-state index in [9.17, 15) is 17.6 Å². The maximum atomic E-state index is 14.8. The number of benzene rings is 1. The van der Waals surface area contributed by atoms with E-state index in [1.54, 1.807) is 36.7 Å². The summed E-state index contributed by atoms with van der Waals surface area (Å²) in [5, 5.41) is 4.53. The van der Waals surface area contributed by atoms with Crippen LogP contribution < -0.4 is 9.57 Å². The van der Waals surface area contributed by atoms with Crippen LogP contribution in [0, 0.1) is 5.82 Å². The van der Waals surface area contributed by atoms with E-state index in [0.717, 1.165) is 24.7 Å². The molecule has 1 fully saturated rings. The molecule has 0 saturated heterocycles. The molecule has 1 aliphatic carbocycles. The van der Waals surface area contributed by atoms with Crippen molar-refractivity contribution in [3.05, 3.63) is 89.7 Å². The van der Waals surface area contributed by atoms with E-state index in [0.29, 0.717) is 17.0 Å². The van der Waals surface area contributed by atoms with Crippen molar-refractivity contribution in [3.8, 4) is 17.3 Å². The topological polar surface area (TPSA) is 90.5 Å². The van der Waals surface area contributed by atoms with Gasteiger partial charge in [0.15, 0.2) is 11.5 Å². The van der Waals surface area contributed by atoms with Crippen LogP contribution in [0.25, 0.3) is 11.4 Å². The molecule has 0 N–H and O–H groups in total. The smallest absolute Gasteiger partial charge is 0.434 e. The largest absolute Gasteiger partial charge is 0.480 e. The van der Waals surface area contributed by atoms with E-state index in [1.165, 1.54) is 42.4 Å². The molecule has 0 atom stereocenters. The Labute approximate surface area is 228 Å². The lowest BCUT2D eigenvalue weighted by atomic mass is 10.1. The monoisotopic (exact) mass is 557 g/mol. The van der Waals surface area contributed by atoms with Crippen molar-refractivity contribution >= 4 is 6.72 Å². The molecule has 0 unspecified atom stereocenters. The number of hydrogen-bond acceptors (Lipinski definition) is 8. The van der Waals surface area contributed by atoms with Crippen LogP contribution in [-0.4, -0.2) is 56.8 Å². The van der Waals surface area contributed by atoms with Gasteiger partial charge in [-0.1, -0.05) is 18.2 Å². The van der Waals surface area contributed by atoms with Crippen LogP contribution in [0.3, 0.4) is 0 Å². The molecule has 3 aromatic rings. The SMILES string of the molecule is C=N/C(=C\N(C)Cc1ccc(COn2cccccnc(-c3c(OC)ncnc3C3CC3)n2)cc1F)C(F)(F)F. The molecule has 9 nitrogen and oxygen atoms in total. The number of hydrogen-bond donors (Lipinski definition) is 0. The Morgan fingerprint density at radius 2 is 2.00 bits per heavy atom. The van der Waals surface area contributed by atoms with Gasteiger partial charge in [0.1, 0.15) is 24.3 Å². The molecule has 2 aromatic heterocycles. The molecule has 210 valence electrons. The van der Waals surface area contributed by atoms with E-state index >= 15 is 0 Å². The van der Waals surface area contributed by atoms with E-state index < -0.39 is 17.7 Å². The molecule has 1 aliphatic rings. The fourth-order valence-electron chi connectivity index (χ4n) is 3.78. The second-order valence-electron chi connectivity index (χ2n) is 8.93. The fourth-order valence-corrected chi connectivity index (χ4v) is 3.78. The summed E-state index contributed by atoms with van der Waals surface area (Å²) in [5.74, 6) is 0.282. The lowest BCUT2D eigenvalue weighted by Gasteiger charge is -2.17. The van der Waals surface area contributed by atoms with Crippen molar-refractivity contribution in [2.45, 2.75) is 38.1 Å². The maximum Gasteiger partial charge on any atom is 0.434 e. The summed E-state index contributed by atoms with van der Waals surface area (Å²) in [6.07, 6.45) is 2.70. The standard InChI is InChI=1S/C27H27F4N7O2/c1-32-22(27(29,30)31)15-37(2)14-20-8-7-18(13-21(20)28)16-40-38-12-6-4-5-11-33-25(36-38)23-24(19-9-10-19)34-17-35-26(23)39-3/h4-8,11-13,15,17,19H,1,9-10,14,16H2,2-3H3/b5-4?,12-6?,22-15-,33-11?,36-25?. The third-order valence-corrected chi connectivity index (χ3v) is 5.84. The molecule has 0 bridgehead atoms. The Hall–Kier alpha value is -4.55. The zero-order chi connectivity index (χ0) is 28.7. The van der Waals surface area contributed by atoms with Gasteiger partial charge in [-0.2, -0.15) is 13.2 Å². The zero-order valence-electron chi connectivity index (χ0n) is 21.8. The highest BCUT2D eigenvalue weighted by Crippen LogP contribution is 2.44. The van der Waals surface area contributed by atoms with Crippen LogP contribution in [0.4, 0.5) is 17.6 Å². The lowest BCUT2D eigenvalue weighted by Crippen LogP contribution is -2.18. The van der Waals surface area contributed by atoms with Gasteiger partial charge in [0.2, 0.25) is 5.88 Å². The van der Waals surface area contributed by atoms with Crippen LogP contribution in [0.5, 0.6) is 5.88 Å². The zero-order valence-corrected chi connectivity index (χ0v) is 21.8. The summed E-state index contributed by atoms with van der Waals surface area (Å²) in [6, 6.07) is 9.52. The summed E-state index contributed by atoms with van der Waals surface area (Å²) in [6.45, 7) is 2.77. The molecule has 0 aliphatic heterocycles. The summed E-state index contributed by atoms with van der Waals surface area (Å²) >= 11 is 0. The van der Waals surface area contributed by atoms with Crippen molar-refractivity contribution in [1.82, 2.24) is 29.8 Å². The molecule has 13 heteroatoms. The molecule has 4 rings (SSSR count). The van der Waals surface area contributed by atoms with Crippen LogP contribution in [0.2, 0.25) is 0 Å². The highest BCUT2D eigenvalue weighted by Gasteiger charge is 2.34. The number of alkyl halides is 3. The first-order valence-electron chi connectivity index (χ1n) is 12.2. The van der Waals surface area contributed by atoms with Crippen LogP contribution in [-0.2, 0) is 13.2 Å². The number of ether oxygens (including phenoxy) is 1. The molecule has 1 aromatic carbocycles. The van der Waals surface area contributed by atoms with Crippen molar-refractivity contribution in [3.63, 3.8) is 0 Å². The van der Waals surface area contributed by atoms with Gasteiger partial charge < -0.3 is 14.5 Å². The number of rotatable bonds is 10. The molecule has 40 heavy (non-hydrogen) atoms. The molecular formula is C27H27F4N7O2. The highest BCUT2D eigenvalue weighted by molar-refractivity contribution is 5.65. The predicted octanol–water partition coefficient (Wildman–Crippen LogP) is 5.05. The summed E-state index contributed by atoms with van der Waals surface area (Å²) in [7, 11) is 2.89. The number of methoxy groups -OCH3 is 1. The predicted molar refractivity (Wildman–Crippen MR) is 139 cm³/mol. The Kier molecular flexibility index (Phi) is 8.92. The van der Waals surface area contributed by atoms with E-state index in [2.05, 4.69) is 31.8 Å². The first-order valence-corrected chi connectivity index (χ1v) is 12.2. The first kappa shape index (κ1) is 28.5. The van der Waals surface area contributed by atoms with E-state index in [4.69, 9.17) is 9.57 Å². The normalized spacial score (nSPS) is 13.4. The molecule has 0 radical (unpaired) electrons. The van der Waals surface area contributed by atoms with Crippen molar-refractivity contribution < 1.29 is 27.1 Å². The molecule has 2 heterocycles. The summed E-state index contributed by atoms with van der Waals surface area (Å²) in [5.41, 5.74) is 0.861. The molecule has 1 saturated carbocycles. The third kappa shape index (κ3) is 7.30. The van der Waals surface area contributed by atoms with E-state index in [1.807, 2.05) is 0 Å². The third-order valence-electron chi connectivity index (χ3n) is 5.84. The second-order valence-corrected chi connectivity index (χ2v) is 8.93. The Morgan fingerprint density at radius 1 is 1.20 bits per heavy atom. The van der Waals surface area contributed by atoms with Crippen molar-refractivity contribution in [2.24, 2.45) is 4.99 Å². The van der Waals surface area contributed by atoms with Crippen molar-refractivity contribution in [2.75, 3.05) is 14.2 Å². The van der Waals surface area contributed by atoms with Gasteiger partial charge in [-0.25, -0.2) is 19.3 Å². The summed E-state index contributed by atoms with van der Waals surface area (Å²) in [4.78, 5) is 24.3. The first-order chi connectivity index (χ1) is 19.2. The van der Waals surface area contributed by atoms with Gasteiger partial charge in [0.05, 0.1) is 19.0 Å². The maximum absolute atomic E-state index is 14.8. The average Bonchev–Trinajstić information content (AvgIpc) is 3.75. The van der Waals surface area contributed by atoms with Gasteiger partial charge in [-0.15, -0.1) is 9.94 Å². The Bertz CT molecular complexity index is 1440. The van der Waals surface area contributed by atoms with Gasteiger partial charge in [0, 0.05) is 37.5 Å². The van der Waals surface area contributed by atoms with Gasteiger partial charge in [-0.3, -0.25) is 4.99 Å². The number of aliphatic imine (C=N–C) groups is 1. The number of allylic oxidation sites excluding steroid dienone is 1.